The van der Waals surface area contributed by atoms with Gasteiger partial charge in [0.2, 0.25) is 0 Å². The van der Waals surface area contributed by atoms with Crippen molar-refractivity contribution in [1.82, 2.24) is 19.7 Å². The molecule has 0 aliphatic carbocycles. The summed E-state index contributed by atoms with van der Waals surface area (Å²) < 4.78 is 7.38. The van der Waals surface area contributed by atoms with Gasteiger partial charge in [0, 0.05) is 46.4 Å². The fourth-order valence-corrected chi connectivity index (χ4v) is 5.91. The highest BCUT2D eigenvalue weighted by molar-refractivity contribution is 6.31. The average molecular weight is 473 g/mol. The van der Waals surface area contributed by atoms with Gasteiger partial charge in [0.15, 0.2) is 0 Å². The van der Waals surface area contributed by atoms with Crippen molar-refractivity contribution in [2.45, 2.75) is 37.8 Å². The van der Waals surface area contributed by atoms with Crippen LogP contribution in [0.1, 0.15) is 46.9 Å². The third-order valence-corrected chi connectivity index (χ3v) is 7.36. The molecule has 6 rings (SSSR count). The lowest BCUT2D eigenvalue weighted by Gasteiger charge is -2.45. The number of halogens is 1. The van der Waals surface area contributed by atoms with Crippen molar-refractivity contribution in [1.29, 1.82) is 0 Å². The molecule has 2 atom stereocenters. The Morgan fingerprint density at radius 2 is 2.03 bits per heavy atom. The second kappa shape index (κ2) is 8.13. The lowest BCUT2D eigenvalue weighted by molar-refractivity contribution is 0.0392. The van der Waals surface area contributed by atoms with Crippen LogP contribution in [0.3, 0.4) is 0 Å². The first-order valence-corrected chi connectivity index (χ1v) is 12.0. The predicted octanol–water partition coefficient (Wildman–Crippen LogP) is 5.59. The first-order chi connectivity index (χ1) is 16.5. The highest BCUT2D eigenvalue weighted by Gasteiger charge is 2.43. The van der Waals surface area contributed by atoms with Crippen molar-refractivity contribution < 1.29 is 9.53 Å². The standard InChI is InChI=1S/C27H25ClN4O2/c1-31-26(18-12-19(28)14-21(13-18)34-2)22-15-20-6-3-7-24(25(22)30-31)32(20)27(33)17-8-9-23-16(11-17)5-4-10-29-23/h4-5,8-14,20,24H,3,6-7,15H2,1-2H3/t20-,24+/m0/s1. The number of aromatic nitrogens is 3. The third kappa shape index (κ3) is 3.36. The van der Waals surface area contributed by atoms with Crippen molar-refractivity contribution in [3.8, 4) is 17.0 Å². The van der Waals surface area contributed by atoms with Gasteiger partial charge in [-0.25, -0.2) is 0 Å². The zero-order chi connectivity index (χ0) is 23.4. The number of pyridine rings is 1. The number of aryl methyl sites for hydroxylation is 1. The first-order valence-electron chi connectivity index (χ1n) is 11.6. The van der Waals surface area contributed by atoms with E-state index in [-0.39, 0.29) is 18.0 Å². The summed E-state index contributed by atoms with van der Waals surface area (Å²) in [6.45, 7) is 0. The summed E-state index contributed by atoms with van der Waals surface area (Å²) in [6.07, 6.45) is 5.56. The highest BCUT2D eigenvalue weighted by atomic mass is 35.5. The molecular weight excluding hydrogens is 448 g/mol. The number of piperidine rings is 1. The molecule has 2 aliphatic rings. The van der Waals surface area contributed by atoms with E-state index < -0.39 is 0 Å². The van der Waals surface area contributed by atoms with Gasteiger partial charge in [-0.1, -0.05) is 17.7 Å². The zero-order valence-corrected chi connectivity index (χ0v) is 19.9. The summed E-state index contributed by atoms with van der Waals surface area (Å²) in [4.78, 5) is 20.3. The maximum absolute atomic E-state index is 13.8. The SMILES string of the molecule is COc1cc(Cl)cc(-c2c3c(nn2C)[C@H]2CCC[C@@H](C3)N2C(=O)c2ccc3ncccc3c2)c1. The van der Waals surface area contributed by atoms with Crippen molar-refractivity contribution in [2.24, 2.45) is 7.05 Å². The van der Waals surface area contributed by atoms with Gasteiger partial charge < -0.3 is 9.64 Å². The number of benzene rings is 2. The summed E-state index contributed by atoms with van der Waals surface area (Å²) in [7, 11) is 3.61. The molecule has 0 N–H and O–H groups in total. The van der Waals surface area contributed by atoms with Crippen LogP contribution >= 0.6 is 11.6 Å². The van der Waals surface area contributed by atoms with Gasteiger partial charge in [-0.3, -0.25) is 14.5 Å². The number of carbonyl (C=O) groups is 1. The molecule has 2 aromatic carbocycles. The summed E-state index contributed by atoms with van der Waals surface area (Å²) >= 11 is 6.38. The summed E-state index contributed by atoms with van der Waals surface area (Å²) in [5.74, 6) is 0.791. The van der Waals surface area contributed by atoms with Crippen LogP contribution in [0, 0.1) is 0 Å². The summed E-state index contributed by atoms with van der Waals surface area (Å²) in [5.41, 5.74) is 5.86. The van der Waals surface area contributed by atoms with Crippen LogP contribution in [0.5, 0.6) is 5.75 Å². The van der Waals surface area contributed by atoms with Gasteiger partial charge in [-0.05, 0) is 68.1 Å². The topological polar surface area (TPSA) is 60.2 Å². The normalized spacial score (nSPS) is 19.2. The Morgan fingerprint density at radius 3 is 2.88 bits per heavy atom. The molecule has 34 heavy (non-hydrogen) atoms. The molecule has 1 saturated heterocycles. The molecule has 4 aromatic rings. The van der Waals surface area contributed by atoms with E-state index in [0.717, 1.165) is 59.3 Å². The molecule has 6 nitrogen and oxygen atoms in total. The molecule has 4 heterocycles. The lowest BCUT2D eigenvalue weighted by atomic mass is 9.81. The molecule has 0 saturated carbocycles. The van der Waals surface area contributed by atoms with E-state index in [0.29, 0.717) is 10.6 Å². The molecule has 2 aliphatic heterocycles. The second-order valence-corrected chi connectivity index (χ2v) is 9.58. The van der Waals surface area contributed by atoms with Gasteiger partial charge >= 0.3 is 0 Å². The number of rotatable bonds is 3. The van der Waals surface area contributed by atoms with E-state index >= 15 is 0 Å². The number of methoxy groups -OCH3 is 1. The molecule has 2 aromatic heterocycles. The minimum Gasteiger partial charge on any atom is -0.497 e. The molecule has 0 radical (unpaired) electrons. The minimum atomic E-state index is -0.0272. The number of amides is 1. The fourth-order valence-electron chi connectivity index (χ4n) is 5.68. The van der Waals surface area contributed by atoms with Crippen LogP contribution in [0.4, 0.5) is 0 Å². The molecular formula is C27H25ClN4O2. The second-order valence-electron chi connectivity index (χ2n) is 9.14. The molecule has 0 spiro atoms. The maximum Gasteiger partial charge on any atom is 0.254 e. The number of carbonyl (C=O) groups excluding carboxylic acids is 1. The predicted molar refractivity (Wildman–Crippen MR) is 132 cm³/mol. The largest absolute Gasteiger partial charge is 0.497 e. The van der Waals surface area contributed by atoms with Crippen LogP contribution in [0.15, 0.2) is 54.7 Å². The van der Waals surface area contributed by atoms with Crippen LogP contribution in [-0.4, -0.2) is 38.7 Å². The van der Waals surface area contributed by atoms with Crippen molar-refractivity contribution in [2.75, 3.05) is 7.11 Å². The highest BCUT2D eigenvalue weighted by Crippen LogP contribution is 2.45. The van der Waals surface area contributed by atoms with Gasteiger partial charge in [-0.15, -0.1) is 0 Å². The van der Waals surface area contributed by atoms with Crippen molar-refractivity contribution in [3.05, 3.63) is 76.6 Å². The Kier molecular flexibility index (Phi) is 5.06. The van der Waals surface area contributed by atoms with Gasteiger partial charge in [0.05, 0.1) is 30.1 Å². The number of fused-ring (bicyclic) bond motifs is 5. The Hall–Kier alpha value is -3.38. The smallest absolute Gasteiger partial charge is 0.254 e. The zero-order valence-electron chi connectivity index (χ0n) is 19.2. The number of nitrogens with zero attached hydrogens (tertiary/aromatic N) is 4. The number of hydrogen-bond donors (Lipinski definition) is 0. The minimum absolute atomic E-state index is 0.0272. The Balaban J connectivity index is 1.42. The molecule has 7 heteroatoms. The van der Waals surface area contributed by atoms with Crippen molar-refractivity contribution in [3.63, 3.8) is 0 Å². The van der Waals surface area contributed by atoms with Gasteiger partial charge in [0.25, 0.3) is 5.91 Å². The van der Waals surface area contributed by atoms with Crippen LogP contribution in [-0.2, 0) is 13.5 Å². The molecule has 1 amide bonds. The van der Waals surface area contributed by atoms with E-state index in [4.69, 9.17) is 21.4 Å². The Bertz CT molecular complexity index is 1430. The monoisotopic (exact) mass is 472 g/mol. The maximum atomic E-state index is 13.8. The van der Waals surface area contributed by atoms with E-state index in [1.165, 1.54) is 5.56 Å². The fraction of sp³-hybridized carbons (Fsp3) is 0.296. The van der Waals surface area contributed by atoms with Gasteiger partial charge in [0.1, 0.15) is 5.75 Å². The third-order valence-electron chi connectivity index (χ3n) is 7.14. The summed E-state index contributed by atoms with van der Waals surface area (Å²) in [5, 5.41) is 6.54. The Labute approximate surface area is 203 Å². The molecule has 2 bridgehead atoms. The van der Waals surface area contributed by atoms with E-state index in [1.807, 2.05) is 60.3 Å². The molecule has 172 valence electrons. The molecule has 0 unspecified atom stereocenters. The van der Waals surface area contributed by atoms with Crippen LogP contribution in [0.25, 0.3) is 22.2 Å². The first kappa shape index (κ1) is 21.2. The lowest BCUT2D eigenvalue weighted by Crippen LogP contribution is -2.49. The van der Waals surface area contributed by atoms with E-state index in [1.54, 1.807) is 13.3 Å². The van der Waals surface area contributed by atoms with Crippen LogP contribution < -0.4 is 4.74 Å². The van der Waals surface area contributed by atoms with Crippen LogP contribution in [0.2, 0.25) is 5.02 Å². The van der Waals surface area contributed by atoms with E-state index in [9.17, 15) is 4.79 Å². The summed E-state index contributed by atoms with van der Waals surface area (Å²) in [6, 6.07) is 15.6. The van der Waals surface area contributed by atoms with Gasteiger partial charge in [-0.2, -0.15) is 5.10 Å². The number of ether oxygens (including phenoxy) is 1. The average Bonchev–Trinajstić information content (AvgIpc) is 3.18. The van der Waals surface area contributed by atoms with Crippen molar-refractivity contribution >= 4 is 28.4 Å². The van der Waals surface area contributed by atoms with E-state index in [2.05, 4.69) is 9.88 Å². The number of hydrogen-bond acceptors (Lipinski definition) is 4. The quantitative estimate of drug-likeness (QED) is 0.390. The molecule has 1 fully saturated rings. The Morgan fingerprint density at radius 1 is 1.15 bits per heavy atom.